The van der Waals surface area contributed by atoms with Gasteiger partial charge in [0, 0.05) is 23.5 Å². The van der Waals surface area contributed by atoms with Gasteiger partial charge in [-0.25, -0.2) is 9.59 Å². The van der Waals surface area contributed by atoms with Gasteiger partial charge >= 0.3 is 11.9 Å². The number of benzene rings is 1. The van der Waals surface area contributed by atoms with Crippen molar-refractivity contribution in [3.05, 3.63) is 24.3 Å². The van der Waals surface area contributed by atoms with Crippen molar-refractivity contribution in [3.8, 4) is 0 Å². The van der Waals surface area contributed by atoms with Gasteiger partial charge in [-0.15, -0.1) is 0 Å². The topological polar surface area (TPSA) is 157 Å². The number of para-hydroxylation sites is 1. The summed E-state index contributed by atoms with van der Waals surface area (Å²) in [5, 5.41) is 14.4. The molecule has 10 nitrogen and oxygen atoms in total. The van der Waals surface area contributed by atoms with Crippen LogP contribution in [-0.4, -0.2) is 60.1 Å². The maximum atomic E-state index is 13.5. The summed E-state index contributed by atoms with van der Waals surface area (Å²) >= 11 is 0.730. The molecule has 0 saturated heterocycles. The summed E-state index contributed by atoms with van der Waals surface area (Å²) in [6.45, 7) is 6.63. The number of unbranched alkanes of at least 4 members (excludes halogenated alkanes) is 1. The highest BCUT2D eigenvalue weighted by atomic mass is 32.2. The number of carbonyl (C=O) groups excluding carboxylic acids is 3. The Morgan fingerprint density at radius 1 is 1.14 bits per heavy atom. The summed E-state index contributed by atoms with van der Waals surface area (Å²) < 4.78 is 11.1. The number of aliphatic carboxylic acids is 1. The van der Waals surface area contributed by atoms with E-state index in [0.717, 1.165) is 18.2 Å². The molecule has 0 aromatic heterocycles. The number of carboxylic acid groups (broad SMARTS) is 1. The van der Waals surface area contributed by atoms with E-state index in [1.807, 2.05) is 20.8 Å². The molecule has 196 valence electrons. The first kappa shape index (κ1) is 30.2. The molecule has 0 spiro atoms. The Morgan fingerprint density at radius 3 is 2.34 bits per heavy atom. The molecular weight excluding hydrogens is 474 g/mol. The van der Waals surface area contributed by atoms with E-state index >= 15 is 0 Å². The number of likely N-dealkylation sites (N-methyl/N-ethyl adjacent to an activating group) is 1. The summed E-state index contributed by atoms with van der Waals surface area (Å²) in [6, 6.07) is 4.92. The van der Waals surface area contributed by atoms with Gasteiger partial charge in [0.15, 0.2) is 6.04 Å². The molecule has 0 aliphatic heterocycles. The van der Waals surface area contributed by atoms with Crippen LogP contribution in [0.4, 0.5) is 5.69 Å². The maximum absolute atomic E-state index is 13.5. The standard InChI is InChI=1S/C24H37N3O7S/c1-6-7-12-33-23(32)24(34-14-19(28)29,35-18-11-9-8-10-17(18)25)20(22(31)26-5)27-21(30)16(4)13-15(2)3/h8-11,15-16,20H,6-7,12-14,25H2,1-5H3,(H,26,31)(H,27,30)(H,28,29)/t16?,20-,24?/m1/s1. The fourth-order valence-electron chi connectivity index (χ4n) is 3.28. The number of hydrogen-bond donors (Lipinski definition) is 4. The maximum Gasteiger partial charge on any atom is 0.352 e. The number of carboxylic acids is 1. The predicted molar refractivity (Wildman–Crippen MR) is 134 cm³/mol. The summed E-state index contributed by atoms with van der Waals surface area (Å²) in [5.74, 6) is -3.88. The zero-order valence-corrected chi connectivity index (χ0v) is 21.8. The molecule has 2 unspecified atom stereocenters. The van der Waals surface area contributed by atoms with Gasteiger partial charge in [0.2, 0.25) is 16.7 Å². The van der Waals surface area contributed by atoms with Crippen molar-refractivity contribution < 1.29 is 33.8 Å². The second kappa shape index (κ2) is 14.6. The molecule has 2 amide bonds. The third-order valence-corrected chi connectivity index (χ3v) is 6.47. The Kier molecular flexibility index (Phi) is 12.6. The molecule has 11 heteroatoms. The molecule has 0 saturated carbocycles. The number of nitrogen functional groups attached to an aromatic ring is 1. The number of nitrogens with two attached hydrogens (primary N) is 1. The van der Waals surface area contributed by atoms with Crippen LogP contribution in [-0.2, 0) is 28.7 Å². The van der Waals surface area contributed by atoms with Crippen molar-refractivity contribution >= 4 is 41.2 Å². The largest absolute Gasteiger partial charge is 0.480 e. The summed E-state index contributed by atoms with van der Waals surface area (Å²) in [4.78, 5) is 49.2. The molecule has 0 aliphatic carbocycles. The van der Waals surface area contributed by atoms with E-state index in [0.29, 0.717) is 17.7 Å². The summed E-state index contributed by atoms with van der Waals surface area (Å²) in [7, 11) is 1.34. The van der Waals surface area contributed by atoms with E-state index < -0.39 is 47.3 Å². The number of esters is 1. The molecule has 0 fully saturated rings. The fourth-order valence-corrected chi connectivity index (χ4v) is 4.49. The van der Waals surface area contributed by atoms with Gasteiger partial charge in [0.05, 0.1) is 6.61 Å². The Bertz CT molecular complexity index is 880. The summed E-state index contributed by atoms with van der Waals surface area (Å²) in [6.07, 6.45) is 1.81. The third-order valence-electron chi connectivity index (χ3n) is 5.05. The van der Waals surface area contributed by atoms with E-state index in [2.05, 4.69) is 10.6 Å². The normalized spacial score (nSPS) is 14.5. The molecule has 0 bridgehead atoms. The number of hydrogen-bond acceptors (Lipinski definition) is 8. The second-order valence-corrected chi connectivity index (χ2v) is 9.82. The van der Waals surface area contributed by atoms with Crippen LogP contribution in [0.1, 0.15) is 47.0 Å². The van der Waals surface area contributed by atoms with Crippen molar-refractivity contribution in [2.45, 2.75) is 62.8 Å². The molecule has 5 N–H and O–H groups in total. The lowest BCUT2D eigenvalue weighted by Gasteiger charge is -2.37. The van der Waals surface area contributed by atoms with Gasteiger partial charge in [-0.2, -0.15) is 0 Å². The van der Waals surface area contributed by atoms with Crippen molar-refractivity contribution in [3.63, 3.8) is 0 Å². The van der Waals surface area contributed by atoms with Crippen molar-refractivity contribution in [2.75, 3.05) is 26.0 Å². The number of carbonyl (C=O) groups is 4. The van der Waals surface area contributed by atoms with Gasteiger partial charge in [0.1, 0.15) is 6.61 Å². The van der Waals surface area contributed by atoms with Crippen LogP contribution in [0.5, 0.6) is 0 Å². The van der Waals surface area contributed by atoms with Crippen LogP contribution >= 0.6 is 11.8 Å². The van der Waals surface area contributed by atoms with Crippen molar-refractivity contribution in [1.29, 1.82) is 0 Å². The average Bonchev–Trinajstić information content (AvgIpc) is 2.80. The lowest BCUT2D eigenvalue weighted by molar-refractivity contribution is -0.170. The number of thioether (sulfide) groups is 1. The van der Waals surface area contributed by atoms with Crippen LogP contribution in [0.2, 0.25) is 0 Å². The first-order valence-electron chi connectivity index (χ1n) is 11.6. The van der Waals surface area contributed by atoms with Gasteiger partial charge < -0.3 is 30.9 Å². The molecule has 0 aliphatic rings. The van der Waals surface area contributed by atoms with E-state index in [1.165, 1.54) is 7.05 Å². The highest BCUT2D eigenvalue weighted by Crippen LogP contribution is 2.41. The Labute approximate surface area is 210 Å². The van der Waals surface area contributed by atoms with Crippen LogP contribution in [0, 0.1) is 11.8 Å². The molecule has 0 radical (unpaired) electrons. The monoisotopic (exact) mass is 511 g/mol. The van der Waals surface area contributed by atoms with E-state index in [-0.39, 0.29) is 18.2 Å². The lowest BCUT2D eigenvalue weighted by atomic mass is 9.97. The summed E-state index contributed by atoms with van der Waals surface area (Å²) in [5.41, 5.74) is 6.36. The van der Waals surface area contributed by atoms with Crippen LogP contribution in [0.15, 0.2) is 29.2 Å². The first-order valence-corrected chi connectivity index (χ1v) is 12.4. The number of ether oxygens (including phenoxy) is 2. The van der Waals surface area contributed by atoms with Crippen LogP contribution in [0.3, 0.4) is 0 Å². The Balaban J connectivity index is 3.63. The SMILES string of the molecule is CCCCOC(=O)C(OCC(=O)O)(Sc1ccccc1N)[C@H](NC(=O)C(C)CC(C)C)C(=O)NC. The van der Waals surface area contributed by atoms with Gasteiger partial charge in [-0.05, 0) is 30.9 Å². The molecule has 35 heavy (non-hydrogen) atoms. The molecule has 0 heterocycles. The average molecular weight is 512 g/mol. The fraction of sp³-hybridized carbons (Fsp3) is 0.583. The molecule has 3 atom stereocenters. The molecule has 1 rings (SSSR count). The van der Waals surface area contributed by atoms with Crippen molar-refractivity contribution in [2.24, 2.45) is 11.8 Å². The number of anilines is 1. The molecular formula is C24H37N3O7S. The van der Waals surface area contributed by atoms with E-state index in [1.54, 1.807) is 31.2 Å². The smallest absolute Gasteiger partial charge is 0.352 e. The first-order chi connectivity index (χ1) is 16.5. The van der Waals surface area contributed by atoms with E-state index in [4.69, 9.17) is 15.2 Å². The zero-order valence-electron chi connectivity index (χ0n) is 21.0. The third kappa shape index (κ3) is 9.06. The number of amides is 2. The molecule has 1 aromatic rings. The lowest BCUT2D eigenvalue weighted by Crippen LogP contribution is -2.64. The highest BCUT2D eigenvalue weighted by molar-refractivity contribution is 8.01. The predicted octanol–water partition coefficient (Wildman–Crippen LogP) is 2.41. The quantitative estimate of drug-likeness (QED) is 0.0912. The van der Waals surface area contributed by atoms with Crippen molar-refractivity contribution in [1.82, 2.24) is 10.6 Å². The highest BCUT2D eigenvalue weighted by Gasteiger charge is 2.55. The zero-order chi connectivity index (χ0) is 26.6. The van der Waals surface area contributed by atoms with Crippen LogP contribution < -0.4 is 16.4 Å². The van der Waals surface area contributed by atoms with Gasteiger partial charge in [-0.3, -0.25) is 9.59 Å². The van der Waals surface area contributed by atoms with E-state index in [9.17, 15) is 24.3 Å². The van der Waals surface area contributed by atoms with Gasteiger partial charge in [0.25, 0.3) is 0 Å². The minimum Gasteiger partial charge on any atom is -0.480 e. The Hall–Kier alpha value is -2.79. The minimum atomic E-state index is -2.27. The number of nitrogens with one attached hydrogen (secondary N) is 2. The Morgan fingerprint density at radius 2 is 1.80 bits per heavy atom. The second-order valence-electron chi connectivity index (χ2n) is 8.57. The van der Waals surface area contributed by atoms with Gasteiger partial charge in [-0.1, -0.05) is 58.0 Å². The minimum absolute atomic E-state index is 0.0243. The molecule has 1 aromatic carbocycles. The van der Waals surface area contributed by atoms with Crippen LogP contribution in [0.25, 0.3) is 0 Å². The number of rotatable bonds is 15.